The zero-order valence-electron chi connectivity index (χ0n) is 11.6. The highest BCUT2D eigenvalue weighted by Crippen LogP contribution is 2.53. The molecule has 0 saturated heterocycles. The standard InChI is InChI=1S/C15H16Cl2N2O2/c1-8-2-5-10(18-13(20)9-3-4-9)6-12(8)19-14(21)11-7-15(11,16)17/h2,5-6,9,11H,3-4,7H2,1H3,(H,18,20)(H,19,21). The lowest BCUT2D eigenvalue weighted by molar-refractivity contribution is -0.118. The van der Waals surface area contributed by atoms with Crippen LogP contribution in [-0.2, 0) is 9.59 Å². The third kappa shape index (κ3) is 3.33. The van der Waals surface area contributed by atoms with Crippen LogP contribution in [0, 0.1) is 18.8 Å². The number of aryl methyl sites for hydroxylation is 1. The number of rotatable bonds is 4. The number of hydrogen-bond acceptors (Lipinski definition) is 2. The quantitative estimate of drug-likeness (QED) is 0.832. The Morgan fingerprint density at radius 2 is 1.86 bits per heavy atom. The lowest BCUT2D eigenvalue weighted by Gasteiger charge is -2.11. The predicted molar refractivity (Wildman–Crippen MR) is 83.7 cm³/mol. The van der Waals surface area contributed by atoms with Gasteiger partial charge in [-0.3, -0.25) is 9.59 Å². The Morgan fingerprint density at radius 3 is 2.43 bits per heavy atom. The minimum absolute atomic E-state index is 0.0406. The predicted octanol–water partition coefficient (Wildman–Crippen LogP) is 3.48. The van der Waals surface area contributed by atoms with Crippen LogP contribution in [0.1, 0.15) is 24.8 Å². The van der Waals surface area contributed by atoms with Crippen LogP contribution in [-0.4, -0.2) is 16.1 Å². The van der Waals surface area contributed by atoms with Gasteiger partial charge in [-0.1, -0.05) is 6.07 Å². The van der Waals surface area contributed by atoms with E-state index in [1.54, 1.807) is 6.07 Å². The Bertz CT molecular complexity index is 612. The van der Waals surface area contributed by atoms with Gasteiger partial charge in [0, 0.05) is 17.3 Å². The maximum absolute atomic E-state index is 12.0. The highest BCUT2D eigenvalue weighted by molar-refractivity contribution is 6.52. The maximum Gasteiger partial charge on any atom is 0.230 e. The first kappa shape index (κ1) is 14.7. The molecule has 21 heavy (non-hydrogen) atoms. The zero-order chi connectivity index (χ0) is 15.2. The van der Waals surface area contributed by atoms with Crippen molar-refractivity contribution in [3.8, 4) is 0 Å². The topological polar surface area (TPSA) is 58.2 Å². The van der Waals surface area contributed by atoms with Crippen molar-refractivity contribution in [3.63, 3.8) is 0 Å². The van der Waals surface area contributed by atoms with Crippen LogP contribution in [0.3, 0.4) is 0 Å². The SMILES string of the molecule is Cc1ccc(NC(=O)C2CC2)cc1NC(=O)C1CC1(Cl)Cl. The van der Waals surface area contributed by atoms with E-state index >= 15 is 0 Å². The summed E-state index contributed by atoms with van der Waals surface area (Å²) in [7, 11) is 0. The number of anilines is 2. The molecule has 2 aliphatic carbocycles. The van der Waals surface area contributed by atoms with Gasteiger partial charge in [0.2, 0.25) is 11.8 Å². The average Bonchev–Trinajstić information content (AvgIpc) is 3.29. The molecule has 3 rings (SSSR count). The van der Waals surface area contributed by atoms with Crippen molar-refractivity contribution in [1.29, 1.82) is 0 Å². The number of carbonyl (C=O) groups excluding carboxylic acids is 2. The third-order valence-corrected chi connectivity index (χ3v) is 4.69. The molecule has 1 aromatic rings. The van der Waals surface area contributed by atoms with Crippen molar-refractivity contribution < 1.29 is 9.59 Å². The van der Waals surface area contributed by atoms with E-state index in [2.05, 4.69) is 10.6 Å². The molecule has 2 N–H and O–H groups in total. The molecule has 1 atom stereocenters. The van der Waals surface area contributed by atoms with Gasteiger partial charge in [0.25, 0.3) is 0 Å². The molecular weight excluding hydrogens is 311 g/mol. The Hall–Kier alpha value is -1.26. The Labute approximate surface area is 133 Å². The second-order valence-electron chi connectivity index (χ2n) is 5.80. The molecule has 4 nitrogen and oxygen atoms in total. The Balaban J connectivity index is 1.69. The highest BCUT2D eigenvalue weighted by atomic mass is 35.5. The number of nitrogens with one attached hydrogen (secondary N) is 2. The molecule has 2 aliphatic rings. The van der Waals surface area contributed by atoms with Gasteiger partial charge in [0.1, 0.15) is 4.33 Å². The van der Waals surface area contributed by atoms with Crippen LogP contribution in [0.25, 0.3) is 0 Å². The summed E-state index contributed by atoms with van der Waals surface area (Å²) >= 11 is 11.8. The van der Waals surface area contributed by atoms with Crippen LogP contribution in [0.4, 0.5) is 11.4 Å². The lowest BCUT2D eigenvalue weighted by atomic mass is 10.1. The van der Waals surface area contributed by atoms with Gasteiger partial charge in [0.05, 0.1) is 5.92 Å². The van der Waals surface area contributed by atoms with Gasteiger partial charge >= 0.3 is 0 Å². The lowest BCUT2D eigenvalue weighted by Crippen LogP contribution is -2.18. The fourth-order valence-corrected chi connectivity index (χ4v) is 2.65. The summed E-state index contributed by atoms with van der Waals surface area (Å²) in [5, 5.41) is 5.69. The average molecular weight is 327 g/mol. The molecule has 0 aromatic heterocycles. The molecule has 6 heteroatoms. The van der Waals surface area contributed by atoms with Crippen molar-refractivity contribution in [1.82, 2.24) is 0 Å². The molecule has 0 radical (unpaired) electrons. The minimum Gasteiger partial charge on any atom is -0.326 e. The molecular formula is C15H16Cl2N2O2. The van der Waals surface area contributed by atoms with Gasteiger partial charge in [0.15, 0.2) is 0 Å². The van der Waals surface area contributed by atoms with Crippen LogP contribution in [0.2, 0.25) is 0 Å². The summed E-state index contributed by atoms with van der Waals surface area (Å²) in [4.78, 5) is 23.8. The summed E-state index contributed by atoms with van der Waals surface area (Å²) in [6.07, 6.45) is 2.38. The third-order valence-electron chi connectivity index (χ3n) is 3.85. The fourth-order valence-electron chi connectivity index (χ4n) is 2.14. The summed E-state index contributed by atoms with van der Waals surface area (Å²) in [6.45, 7) is 1.89. The molecule has 1 unspecified atom stereocenters. The first-order chi connectivity index (χ1) is 9.87. The fraction of sp³-hybridized carbons (Fsp3) is 0.467. The van der Waals surface area contributed by atoms with E-state index in [9.17, 15) is 9.59 Å². The van der Waals surface area contributed by atoms with Gasteiger partial charge in [-0.2, -0.15) is 0 Å². The number of halogens is 2. The van der Waals surface area contributed by atoms with Crippen molar-refractivity contribution in [2.75, 3.05) is 10.6 Å². The van der Waals surface area contributed by atoms with E-state index in [1.165, 1.54) is 0 Å². The second-order valence-corrected chi connectivity index (χ2v) is 7.34. The molecule has 0 aliphatic heterocycles. The van der Waals surface area contributed by atoms with Crippen LogP contribution < -0.4 is 10.6 Å². The summed E-state index contributed by atoms with van der Waals surface area (Å²) in [5.41, 5.74) is 2.28. The number of hydrogen-bond donors (Lipinski definition) is 2. The monoisotopic (exact) mass is 326 g/mol. The van der Waals surface area contributed by atoms with E-state index in [0.717, 1.165) is 18.4 Å². The number of amides is 2. The van der Waals surface area contributed by atoms with Crippen LogP contribution in [0.5, 0.6) is 0 Å². The van der Waals surface area contributed by atoms with E-state index < -0.39 is 4.33 Å². The Kier molecular flexibility index (Phi) is 3.62. The molecule has 0 bridgehead atoms. The van der Waals surface area contributed by atoms with Crippen molar-refractivity contribution in [2.24, 2.45) is 11.8 Å². The molecule has 1 aromatic carbocycles. The van der Waals surface area contributed by atoms with E-state index in [-0.39, 0.29) is 23.7 Å². The highest BCUT2D eigenvalue weighted by Gasteiger charge is 2.56. The minimum atomic E-state index is -0.935. The summed E-state index contributed by atoms with van der Waals surface area (Å²) in [5.74, 6) is -0.374. The van der Waals surface area contributed by atoms with Gasteiger partial charge in [-0.15, -0.1) is 23.2 Å². The van der Waals surface area contributed by atoms with Crippen molar-refractivity contribution >= 4 is 46.4 Å². The molecule has 0 spiro atoms. The molecule has 2 amide bonds. The number of benzene rings is 1. The number of alkyl halides is 2. The van der Waals surface area contributed by atoms with E-state index in [0.29, 0.717) is 17.8 Å². The zero-order valence-corrected chi connectivity index (χ0v) is 13.1. The van der Waals surface area contributed by atoms with Crippen molar-refractivity contribution in [3.05, 3.63) is 23.8 Å². The molecule has 2 saturated carbocycles. The smallest absolute Gasteiger partial charge is 0.230 e. The summed E-state index contributed by atoms with van der Waals surface area (Å²) in [6, 6.07) is 5.45. The first-order valence-electron chi connectivity index (χ1n) is 6.97. The first-order valence-corrected chi connectivity index (χ1v) is 7.72. The van der Waals surface area contributed by atoms with E-state index in [4.69, 9.17) is 23.2 Å². The second kappa shape index (κ2) is 5.18. The largest absolute Gasteiger partial charge is 0.326 e. The van der Waals surface area contributed by atoms with E-state index in [1.807, 2.05) is 19.1 Å². The van der Waals surface area contributed by atoms with Gasteiger partial charge in [-0.25, -0.2) is 0 Å². The molecule has 2 fully saturated rings. The Morgan fingerprint density at radius 1 is 1.19 bits per heavy atom. The van der Waals surface area contributed by atoms with Gasteiger partial charge in [-0.05, 0) is 43.9 Å². The van der Waals surface area contributed by atoms with Crippen LogP contribution >= 0.6 is 23.2 Å². The number of carbonyl (C=O) groups is 2. The molecule has 0 heterocycles. The van der Waals surface area contributed by atoms with Crippen molar-refractivity contribution in [2.45, 2.75) is 30.5 Å². The van der Waals surface area contributed by atoms with Crippen LogP contribution in [0.15, 0.2) is 18.2 Å². The molecule has 112 valence electrons. The normalized spacial score (nSPS) is 22.5. The van der Waals surface area contributed by atoms with Gasteiger partial charge < -0.3 is 10.6 Å². The summed E-state index contributed by atoms with van der Waals surface area (Å²) < 4.78 is -0.935. The maximum atomic E-state index is 12.0.